The summed E-state index contributed by atoms with van der Waals surface area (Å²) in [5.41, 5.74) is 4.32. The highest BCUT2D eigenvalue weighted by molar-refractivity contribution is 5.90. The zero-order valence-electron chi connectivity index (χ0n) is 11.9. The van der Waals surface area contributed by atoms with Crippen LogP contribution in [0.2, 0.25) is 0 Å². The monoisotopic (exact) mass is 268 g/mol. The number of carbonyl (C=O) groups is 1. The van der Waals surface area contributed by atoms with E-state index >= 15 is 0 Å². The number of carbonyl (C=O) groups excluding carboxylic acids is 1. The minimum atomic E-state index is -0.175. The molecule has 104 valence electrons. The van der Waals surface area contributed by atoms with Crippen molar-refractivity contribution in [1.29, 1.82) is 0 Å². The van der Waals surface area contributed by atoms with E-state index in [1.54, 1.807) is 0 Å². The van der Waals surface area contributed by atoms with Crippen LogP contribution in [0.5, 0.6) is 0 Å². The summed E-state index contributed by atoms with van der Waals surface area (Å²) < 4.78 is 0. The van der Waals surface area contributed by atoms with Crippen LogP contribution >= 0.6 is 0 Å². The zero-order chi connectivity index (χ0) is 14.4. The number of anilines is 1. The first-order valence-electron chi connectivity index (χ1n) is 6.87. The van der Waals surface area contributed by atoms with Crippen molar-refractivity contribution in [3.05, 3.63) is 65.2 Å². The number of nitrogens with one attached hydrogen (secondary N) is 2. The molecular formula is C17H20N2O. The van der Waals surface area contributed by atoms with Crippen LogP contribution in [-0.2, 0) is 13.0 Å². The summed E-state index contributed by atoms with van der Waals surface area (Å²) in [7, 11) is 0. The van der Waals surface area contributed by atoms with Crippen molar-refractivity contribution in [2.24, 2.45) is 0 Å². The van der Waals surface area contributed by atoms with Gasteiger partial charge in [-0.05, 0) is 30.5 Å². The van der Waals surface area contributed by atoms with Gasteiger partial charge in [0.1, 0.15) is 0 Å². The molecule has 0 aliphatic rings. The van der Waals surface area contributed by atoms with Crippen molar-refractivity contribution in [2.75, 3.05) is 5.32 Å². The maximum atomic E-state index is 11.9. The molecule has 3 heteroatoms. The molecule has 0 spiro atoms. The van der Waals surface area contributed by atoms with Crippen LogP contribution in [0.15, 0.2) is 48.5 Å². The van der Waals surface area contributed by atoms with Gasteiger partial charge in [-0.2, -0.15) is 0 Å². The van der Waals surface area contributed by atoms with Gasteiger partial charge in [-0.25, -0.2) is 4.79 Å². The average molecular weight is 268 g/mol. The Hall–Kier alpha value is -2.29. The number of benzene rings is 2. The Morgan fingerprint density at radius 3 is 2.45 bits per heavy atom. The molecule has 2 aromatic carbocycles. The van der Waals surface area contributed by atoms with Crippen LogP contribution in [0, 0.1) is 6.92 Å². The molecule has 3 nitrogen and oxygen atoms in total. The minimum absolute atomic E-state index is 0.175. The molecule has 0 bridgehead atoms. The van der Waals surface area contributed by atoms with Crippen LogP contribution in [-0.4, -0.2) is 6.03 Å². The first-order valence-corrected chi connectivity index (χ1v) is 6.87. The fraction of sp³-hybridized carbons (Fsp3) is 0.235. The zero-order valence-corrected chi connectivity index (χ0v) is 11.9. The van der Waals surface area contributed by atoms with Crippen LogP contribution in [0.1, 0.15) is 23.6 Å². The third-order valence-electron chi connectivity index (χ3n) is 3.22. The van der Waals surface area contributed by atoms with Gasteiger partial charge in [0, 0.05) is 12.2 Å². The molecule has 2 amide bonds. The highest BCUT2D eigenvalue weighted by Crippen LogP contribution is 2.15. The molecule has 2 aromatic rings. The molecule has 0 radical (unpaired) electrons. The molecule has 0 atom stereocenters. The lowest BCUT2D eigenvalue weighted by molar-refractivity contribution is 0.251. The second kappa shape index (κ2) is 6.75. The third-order valence-corrected chi connectivity index (χ3v) is 3.22. The molecule has 0 saturated heterocycles. The molecule has 0 heterocycles. The maximum Gasteiger partial charge on any atom is 0.319 e. The average Bonchev–Trinajstić information content (AvgIpc) is 2.47. The van der Waals surface area contributed by atoms with Crippen molar-refractivity contribution < 1.29 is 4.79 Å². The lowest BCUT2D eigenvalue weighted by atomic mass is 10.1. The smallest absolute Gasteiger partial charge is 0.319 e. The first kappa shape index (κ1) is 14.1. The summed E-state index contributed by atoms with van der Waals surface area (Å²) in [5, 5.41) is 5.76. The van der Waals surface area contributed by atoms with Crippen molar-refractivity contribution >= 4 is 11.7 Å². The van der Waals surface area contributed by atoms with E-state index in [1.165, 1.54) is 5.56 Å². The van der Waals surface area contributed by atoms with Gasteiger partial charge >= 0.3 is 6.03 Å². The number of rotatable bonds is 4. The van der Waals surface area contributed by atoms with E-state index in [4.69, 9.17) is 0 Å². The Morgan fingerprint density at radius 1 is 1.05 bits per heavy atom. The Labute approximate surface area is 120 Å². The minimum Gasteiger partial charge on any atom is -0.334 e. The Morgan fingerprint density at radius 2 is 1.75 bits per heavy atom. The van der Waals surface area contributed by atoms with Gasteiger partial charge in [0.05, 0.1) is 0 Å². The number of hydrogen-bond donors (Lipinski definition) is 2. The van der Waals surface area contributed by atoms with Gasteiger partial charge < -0.3 is 10.6 Å². The third kappa shape index (κ3) is 3.85. The van der Waals surface area contributed by atoms with Crippen molar-refractivity contribution in [1.82, 2.24) is 5.32 Å². The standard InChI is InChI=1S/C17H20N2O/c1-3-15-6-4-5-7-16(15)19-17(20)18-12-14-10-8-13(2)9-11-14/h4-11H,3,12H2,1-2H3,(H2,18,19,20). The summed E-state index contributed by atoms with van der Waals surface area (Å²) >= 11 is 0. The van der Waals surface area contributed by atoms with E-state index in [2.05, 4.69) is 17.6 Å². The van der Waals surface area contributed by atoms with Crippen molar-refractivity contribution in [3.8, 4) is 0 Å². The molecule has 0 aliphatic heterocycles. The molecule has 0 fully saturated rings. The second-order valence-corrected chi connectivity index (χ2v) is 4.80. The summed E-state index contributed by atoms with van der Waals surface area (Å²) in [5.74, 6) is 0. The summed E-state index contributed by atoms with van der Waals surface area (Å²) in [6.07, 6.45) is 0.897. The van der Waals surface area contributed by atoms with Gasteiger partial charge in [-0.1, -0.05) is 55.0 Å². The predicted octanol–water partition coefficient (Wildman–Crippen LogP) is 3.88. The molecule has 0 unspecified atom stereocenters. The number of aryl methyl sites for hydroxylation is 2. The number of hydrogen-bond acceptors (Lipinski definition) is 1. The van der Waals surface area contributed by atoms with Gasteiger partial charge in [0.25, 0.3) is 0 Å². The topological polar surface area (TPSA) is 41.1 Å². The Balaban J connectivity index is 1.91. The SMILES string of the molecule is CCc1ccccc1NC(=O)NCc1ccc(C)cc1. The fourth-order valence-corrected chi connectivity index (χ4v) is 2.01. The van der Waals surface area contributed by atoms with E-state index in [1.807, 2.05) is 55.5 Å². The van der Waals surface area contributed by atoms with Crippen LogP contribution in [0.3, 0.4) is 0 Å². The molecule has 2 N–H and O–H groups in total. The van der Waals surface area contributed by atoms with Crippen molar-refractivity contribution in [3.63, 3.8) is 0 Å². The normalized spacial score (nSPS) is 10.1. The maximum absolute atomic E-state index is 11.9. The quantitative estimate of drug-likeness (QED) is 0.868. The summed E-state index contributed by atoms with van der Waals surface area (Å²) in [6, 6.07) is 15.8. The molecule has 0 aliphatic carbocycles. The van der Waals surface area contributed by atoms with Crippen LogP contribution in [0.4, 0.5) is 10.5 Å². The van der Waals surface area contributed by atoms with E-state index < -0.39 is 0 Å². The second-order valence-electron chi connectivity index (χ2n) is 4.80. The van der Waals surface area contributed by atoms with E-state index in [-0.39, 0.29) is 6.03 Å². The van der Waals surface area contributed by atoms with Gasteiger partial charge in [-0.3, -0.25) is 0 Å². The summed E-state index contributed by atoms with van der Waals surface area (Å²) in [4.78, 5) is 11.9. The molecule has 0 aromatic heterocycles. The molecular weight excluding hydrogens is 248 g/mol. The molecule has 0 saturated carbocycles. The lowest BCUT2D eigenvalue weighted by Crippen LogP contribution is -2.28. The number of urea groups is 1. The van der Waals surface area contributed by atoms with E-state index in [0.717, 1.165) is 23.2 Å². The summed E-state index contributed by atoms with van der Waals surface area (Å²) in [6.45, 7) is 4.65. The molecule has 20 heavy (non-hydrogen) atoms. The number of para-hydroxylation sites is 1. The Bertz CT molecular complexity index is 576. The highest BCUT2D eigenvalue weighted by atomic mass is 16.2. The van der Waals surface area contributed by atoms with E-state index in [0.29, 0.717) is 6.54 Å². The molecule has 2 rings (SSSR count). The van der Waals surface area contributed by atoms with Crippen LogP contribution in [0.25, 0.3) is 0 Å². The van der Waals surface area contributed by atoms with Gasteiger partial charge in [0.2, 0.25) is 0 Å². The highest BCUT2D eigenvalue weighted by Gasteiger charge is 2.04. The van der Waals surface area contributed by atoms with Crippen molar-refractivity contribution in [2.45, 2.75) is 26.8 Å². The van der Waals surface area contributed by atoms with Gasteiger partial charge in [0.15, 0.2) is 0 Å². The van der Waals surface area contributed by atoms with Gasteiger partial charge in [-0.15, -0.1) is 0 Å². The predicted molar refractivity (Wildman–Crippen MR) is 82.9 cm³/mol. The number of amides is 2. The Kier molecular flexibility index (Phi) is 4.77. The van der Waals surface area contributed by atoms with E-state index in [9.17, 15) is 4.79 Å². The van der Waals surface area contributed by atoms with Crippen LogP contribution < -0.4 is 10.6 Å². The fourth-order valence-electron chi connectivity index (χ4n) is 2.01. The largest absolute Gasteiger partial charge is 0.334 e. The first-order chi connectivity index (χ1) is 9.69. The lowest BCUT2D eigenvalue weighted by Gasteiger charge is -2.11.